The zero-order valence-corrected chi connectivity index (χ0v) is 7.87. The fourth-order valence-electron chi connectivity index (χ4n) is 0.642. The molecule has 0 aliphatic rings. The van der Waals surface area contributed by atoms with Gasteiger partial charge in [-0.15, -0.1) is 0 Å². The van der Waals surface area contributed by atoms with E-state index in [-0.39, 0.29) is 0 Å². The third-order valence-corrected chi connectivity index (χ3v) is 1.86. The Kier molecular flexibility index (Phi) is 6.50. The molecule has 0 bridgehead atoms. The summed E-state index contributed by atoms with van der Waals surface area (Å²) in [7, 11) is 0. The first kappa shape index (κ1) is 9.22. The molecule has 0 aliphatic heterocycles. The van der Waals surface area contributed by atoms with Crippen LogP contribution in [0.1, 0.15) is 39.5 Å². The topological polar surface area (TPSA) is 0 Å². The molecule has 54 valence electrons. The van der Waals surface area contributed by atoms with Crippen molar-refractivity contribution < 1.29 is 0 Å². The van der Waals surface area contributed by atoms with Gasteiger partial charge in [0.15, 0.2) is 0 Å². The zero-order valence-electron chi connectivity index (χ0n) is 6.28. The Morgan fingerprint density at radius 1 is 1.33 bits per heavy atom. The minimum atomic E-state index is 1.19. The summed E-state index contributed by atoms with van der Waals surface area (Å²) in [4.78, 5) is 0. The van der Waals surface area contributed by atoms with Crippen molar-refractivity contribution in [2.24, 2.45) is 0 Å². The molecule has 0 spiro atoms. The molecule has 0 aromatic carbocycles. The fourth-order valence-corrected chi connectivity index (χ4v) is 1.27. The van der Waals surface area contributed by atoms with Gasteiger partial charge in [0.25, 0.3) is 0 Å². The van der Waals surface area contributed by atoms with Gasteiger partial charge in [0, 0.05) is 0 Å². The molecule has 0 nitrogen and oxygen atoms in total. The summed E-state index contributed by atoms with van der Waals surface area (Å²) >= 11 is 3.50. The van der Waals surface area contributed by atoms with Gasteiger partial charge in [-0.2, -0.15) is 0 Å². The highest BCUT2D eigenvalue weighted by atomic mass is 79.9. The third-order valence-electron chi connectivity index (χ3n) is 1.14. The quantitative estimate of drug-likeness (QED) is 0.632. The first-order valence-electron chi connectivity index (χ1n) is 3.65. The van der Waals surface area contributed by atoms with E-state index in [0.717, 1.165) is 0 Å². The standard InChI is InChI=1S/C8H15Br/c1-3-5-7-8(9)6-4-2/h7H,3-6H2,1-2H3. The molecule has 0 aromatic heterocycles. The monoisotopic (exact) mass is 190 g/mol. The molecule has 0 aromatic rings. The Bertz CT molecular complexity index is 84.6. The van der Waals surface area contributed by atoms with Crippen molar-refractivity contribution in [2.75, 3.05) is 0 Å². The Labute approximate surface area is 66.5 Å². The van der Waals surface area contributed by atoms with Crippen molar-refractivity contribution >= 4 is 15.9 Å². The van der Waals surface area contributed by atoms with Crippen LogP contribution in [0.15, 0.2) is 10.6 Å². The molecule has 0 radical (unpaired) electrons. The molecule has 1 heteroatoms. The van der Waals surface area contributed by atoms with Crippen molar-refractivity contribution in [3.8, 4) is 0 Å². The number of unbranched alkanes of at least 4 members (excludes halogenated alkanes) is 1. The lowest BCUT2D eigenvalue weighted by Gasteiger charge is -1.92. The van der Waals surface area contributed by atoms with Gasteiger partial charge >= 0.3 is 0 Å². The lowest BCUT2D eigenvalue weighted by atomic mass is 10.2. The molecule has 0 atom stereocenters. The van der Waals surface area contributed by atoms with Gasteiger partial charge in [-0.3, -0.25) is 0 Å². The lowest BCUT2D eigenvalue weighted by molar-refractivity contribution is 0.915. The van der Waals surface area contributed by atoms with Gasteiger partial charge in [-0.05, 0) is 17.3 Å². The van der Waals surface area contributed by atoms with Crippen molar-refractivity contribution in [3.63, 3.8) is 0 Å². The van der Waals surface area contributed by atoms with Gasteiger partial charge in [-0.1, -0.05) is 48.7 Å². The van der Waals surface area contributed by atoms with Crippen LogP contribution >= 0.6 is 15.9 Å². The minimum Gasteiger partial charge on any atom is -0.0744 e. The largest absolute Gasteiger partial charge is 0.0744 e. The molecule has 0 amide bonds. The molecular formula is C8H15Br. The van der Waals surface area contributed by atoms with E-state index in [1.165, 1.54) is 30.2 Å². The summed E-state index contributed by atoms with van der Waals surface area (Å²) in [6.45, 7) is 4.39. The van der Waals surface area contributed by atoms with Gasteiger partial charge in [0.1, 0.15) is 0 Å². The Morgan fingerprint density at radius 3 is 2.44 bits per heavy atom. The van der Waals surface area contributed by atoms with Crippen LogP contribution in [0.25, 0.3) is 0 Å². The van der Waals surface area contributed by atoms with E-state index >= 15 is 0 Å². The van der Waals surface area contributed by atoms with E-state index in [2.05, 4.69) is 35.9 Å². The normalized spacial score (nSPS) is 12.1. The van der Waals surface area contributed by atoms with Crippen LogP contribution < -0.4 is 0 Å². The number of halogens is 1. The first-order chi connectivity index (χ1) is 4.31. The predicted octanol–water partition coefficient (Wildman–Crippen LogP) is 3.87. The van der Waals surface area contributed by atoms with Crippen LogP contribution in [-0.2, 0) is 0 Å². The number of rotatable bonds is 4. The van der Waals surface area contributed by atoms with Crippen molar-refractivity contribution in [1.29, 1.82) is 0 Å². The molecule has 0 fully saturated rings. The van der Waals surface area contributed by atoms with Crippen molar-refractivity contribution in [2.45, 2.75) is 39.5 Å². The van der Waals surface area contributed by atoms with E-state index in [1.54, 1.807) is 0 Å². The average molecular weight is 191 g/mol. The SMILES string of the molecule is CCCC=C(Br)CCC. The maximum Gasteiger partial charge on any atom is -0.00893 e. The van der Waals surface area contributed by atoms with Crippen LogP contribution in [0.2, 0.25) is 0 Å². The molecule has 0 unspecified atom stereocenters. The summed E-state index contributed by atoms with van der Waals surface area (Å²) in [6.07, 6.45) is 7.16. The maximum absolute atomic E-state index is 3.50. The van der Waals surface area contributed by atoms with Crippen LogP contribution in [0.4, 0.5) is 0 Å². The first-order valence-corrected chi connectivity index (χ1v) is 4.45. The van der Waals surface area contributed by atoms with Crippen LogP contribution in [0, 0.1) is 0 Å². The molecule has 0 heterocycles. The van der Waals surface area contributed by atoms with E-state index < -0.39 is 0 Å². The van der Waals surface area contributed by atoms with E-state index in [4.69, 9.17) is 0 Å². The van der Waals surface area contributed by atoms with E-state index in [0.29, 0.717) is 0 Å². The Hall–Kier alpha value is 0.220. The molecule has 0 saturated carbocycles. The van der Waals surface area contributed by atoms with Gasteiger partial charge in [0.05, 0.1) is 0 Å². The molecule has 9 heavy (non-hydrogen) atoms. The van der Waals surface area contributed by atoms with Crippen LogP contribution in [0.3, 0.4) is 0 Å². The summed E-state index contributed by atoms with van der Waals surface area (Å²) < 4.78 is 1.37. The highest BCUT2D eigenvalue weighted by molar-refractivity contribution is 9.11. The third kappa shape index (κ3) is 6.10. The number of hydrogen-bond acceptors (Lipinski definition) is 0. The highest BCUT2D eigenvalue weighted by Gasteiger charge is 1.86. The molecule has 0 N–H and O–H groups in total. The summed E-state index contributed by atoms with van der Waals surface area (Å²) in [5, 5.41) is 0. The Balaban J connectivity index is 3.30. The van der Waals surface area contributed by atoms with Gasteiger partial charge in [0.2, 0.25) is 0 Å². The number of allylic oxidation sites excluding steroid dienone is 2. The van der Waals surface area contributed by atoms with Crippen molar-refractivity contribution in [3.05, 3.63) is 10.6 Å². The average Bonchev–Trinajstić information content (AvgIpc) is 1.85. The lowest BCUT2D eigenvalue weighted by Crippen LogP contribution is -1.70. The van der Waals surface area contributed by atoms with E-state index in [9.17, 15) is 0 Å². The molecule has 0 aliphatic carbocycles. The predicted molar refractivity (Wildman–Crippen MR) is 46.8 cm³/mol. The smallest absolute Gasteiger partial charge is 0.00893 e. The molecular weight excluding hydrogens is 176 g/mol. The zero-order chi connectivity index (χ0) is 7.11. The maximum atomic E-state index is 3.50. The second-order valence-corrected chi connectivity index (χ2v) is 3.21. The van der Waals surface area contributed by atoms with Crippen molar-refractivity contribution in [1.82, 2.24) is 0 Å². The second-order valence-electron chi connectivity index (χ2n) is 2.19. The van der Waals surface area contributed by atoms with E-state index in [1.807, 2.05) is 0 Å². The molecule has 0 saturated heterocycles. The van der Waals surface area contributed by atoms with Gasteiger partial charge < -0.3 is 0 Å². The van der Waals surface area contributed by atoms with Crippen LogP contribution in [0.5, 0.6) is 0 Å². The number of hydrogen-bond donors (Lipinski definition) is 0. The molecule has 0 rings (SSSR count). The fraction of sp³-hybridized carbons (Fsp3) is 0.750. The summed E-state index contributed by atoms with van der Waals surface area (Å²) in [5.41, 5.74) is 0. The second kappa shape index (κ2) is 6.34. The van der Waals surface area contributed by atoms with Crippen LogP contribution in [-0.4, -0.2) is 0 Å². The Morgan fingerprint density at radius 2 is 2.00 bits per heavy atom. The summed E-state index contributed by atoms with van der Waals surface area (Å²) in [6, 6.07) is 0. The minimum absolute atomic E-state index is 1.19. The highest BCUT2D eigenvalue weighted by Crippen LogP contribution is 2.13. The summed E-state index contributed by atoms with van der Waals surface area (Å²) in [5.74, 6) is 0. The van der Waals surface area contributed by atoms with Gasteiger partial charge in [-0.25, -0.2) is 0 Å².